The van der Waals surface area contributed by atoms with Gasteiger partial charge in [0, 0.05) is 123 Å². The van der Waals surface area contributed by atoms with E-state index < -0.39 is 157 Å². The molecule has 4 saturated heterocycles. The fourth-order valence-electron chi connectivity index (χ4n) is 17.6. The van der Waals surface area contributed by atoms with E-state index in [2.05, 4.69) is 52.3 Å². The van der Waals surface area contributed by atoms with Gasteiger partial charge in [0.2, 0.25) is 11.8 Å². The molecule has 6 aliphatic heterocycles. The normalized spacial score (nSPS) is 21.2. The topological polar surface area (TPSA) is 498 Å². The number of aryl methyl sites for hydroxylation is 2. The fourth-order valence-corrected chi connectivity index (χ4v) is 17.6. The predicted octanol–water partition coefficient (Wildman–Crippen LogP) is -0.302. The van der Waals surface area contributed by atoms with E-state index in [9.17, 15) is 92.2 Å². The third-order valence-corrected chi connectivity index (χ3v) is 24.6. The second-order valence-electron chi connectivity index (χ2n) is 34.4. The lowest BCUT2D eigenvalue weighted by molar-refractivity contribution is -0.672. The monoisotopic (exact) mass is 1780 g/mol. The Balaban J connectivity index is 0.000000179. The quantitative estimate of drug-likeness (QED) is 0.0187. The van der Waals surface area contributed by atoms with Gasteiger partial charge in [0.05, 0.1) is 42.6 Å². The number of likely N-dealkylation sites (N-methyl/N-ethyl adjacent to an activating group) is 3. The molecule has 3 aromatic carbocycles. The maximum absolute atomic E-state index is 14.5. The minimum absolute atomic E-state index is 0.00182. The highest BCUT2D eigenvalue weighted by Crippen LogP contribution is 2.66. The minimum atomic E-state index is -1.59. The standard InChI is InChI=1S/C38H50BN5O9.C25H27BN4O8.C24H26BN5O8/c1-9-43-16-17-44(33(47)32(43)46)35(49)42-29(23-13-11-15-40-21-23)31(45)41-28(39-52-27-20-24-19-26(37(24,5)6)38(27,7)53-39)18-22-12-10-14-25(30(22)50-8)34(48)51-36(2,3)4;1-3-29-10-11-30(23(33)22(29)32)25(36)27-20(16-7-5-9-28(2)14-16)19(31)13-17-12-15-6-4-8-18(24(34)35)21(15)38-26(17)37;1-3-29-10-11-30(22(33)21(29)32)24(36)27-18(15-7-5-9-28(2)13-15)20(31)26-17-12-14-6-4-8-16(23(34)35)19(14)38-25(17)37/h10-15,21,24,26-29H,9,16-20H2,1-8H3,(H,41,45)(H,42,49);4-9,14,17,20,37H,3,10-13H2,1-2H3,(H-,27,34,35,36);4-9,13,17-18,37H,3,10-12H2,1-2H3,(H2-,26,27,31,34,35,36)/t24-,26-,27+,28-,29?,38-;17-,20?;17-,18?/m010/s1. The van der Waals surface area contributed by atoms with Gasteiger partial charge in [-0.3, -0.25) is 62.8 Å². The van der Waals surface area contributed by atoms with E-state index in [4.69, 9.17) is 28.1 Å². The number of fused-ring (bicyclic) bond motifs is 2. The Labute approximate surface area is 744 Å². The lowest BCUT2D eigenvalue weighted by Gasteiger charge is -2.64. The summed E-state index contributed by atoms with van der Waals surface area (Å²) in [6.07, 6.45) is 11.4. The number of piperazine rings is 3. The number of aromatic nitrogens is 3. The summed E-state index contributed by atoms with van der Waals surface area (Å²) in [6.45, 7) is 18.6. The molecule has 42 heteroatoms. The number of benzene rings is 3. The number of hydrogen-bond acceptors (Lipinski definition) is 26. The van der Waals surface area contributed by atoms with E-state index in [1.165, 1.54) is 58.5 Å². The number of para-hydroxylation sites is 3. The molecule has 3 unspecified atom stereocenters. The number of imide groups is 3. The molecule has 9 heterocycles. The Bertz CT molecular complexity index is 5200. The molecular weight excluding hydrogens is 1670 g/mol. The highest BCUT2D eigenvalue weighted by atomic mass is 16.7. The van der Waals surface area contributed by atoms with Crippen molar-refractivity contribution in [1.82, 2.24) is 61.0 Å². The SMILES string of the molecule is CCN1CCN(C(=O)NC(C(=O)C[C@H]2Cc3cccc(C(=O)[O-])c3OB2O)c2ccc[n+](C)c2)C(=O)C1=O.CCN1CCN(C(=O)NC(C(=O)N[C@@H](Cc2cccc(C(=O)OC(C)(C)C)c2OC)B2O[C@@H]3C[C@@H]4C[C@@H](C4(C)C)[C@]3(C)O2)c2cccnc2)C(=O)C1=O.CCN1CCN(C(=O)NC(C(=O)N[C@H]2Cc3cccc(C(=O)[O-])c3OB2O)c2ccc[n+](C)c2)C(=O)C1=O. The minimum Gasteiger partial charge on any atom is -0.545 e. The van der Waals surface area contributed by atoms with Crippen LogP contribution in [0, 0.1) is 17.3 Å². The summed E-state index contributed by atoms with van der Waals surface area (Å²) < 4.78 is 39.2. The van der Waals surface area contributed by atoms with Crippen LogP contribution in [0.1, 0.15) is 164 Å². The number of carbonyl (C=O) groups excluding carboxylic acids is 15. The first-order valence-corrected chi connectivity index (χ1v) is 42.4. The number of nitrogens with zero attached hydrogens (tertiary/aromatic N) is 9. The average Bonchev–Trinajstić information content (AvgIpc) is 1.63. The van der Waals surface area contributed by atoms with Crippen molar-refractivity contribution in [2.75, 3.05) is 66.0 Å². The van der Waals surface area contributed by atoms with Gasteiger partial charge >= 0.3 is 80.9 Å². The Morgan fingerprint density at radius 1 is 0.589 bits per heavy atom. The van der Waals surface area contributed by atoms with Gasteiger partial charge in [0.15, 0.2) is 30.6 Å². The average molecular weight is 1780 g/mol. The predicted molar refractivity (Wildman–Crippen MR) is 451 cm³/mol. The number of aromatic carboxylic acids is 2. The highest BCUT2D eigenvalue weighted by molar-refractivity contribution is 6.48. The smallest absolute Gasteiger partial charge is 0.545 e. The number of carboxylic acid groups (broad SMARTS) is 2. The molecule has 0 spiro atoms. The van der Waals surface area contributed by atoms with Crippen molar-refractivity contribution in [3.05, 3.63) is 178 Å². The fraction of sp³-hybridized carbons (Fsp3) is 0.448. The van der Waals surface area contributed by atoms with Gasteiger partial charge < -0.3 is 99.2 Å². The third kappa shape index (κ3) is 20.7. The van der Waals surface area contributed by atoms with E-state index in [0.29, 0.717) is 58.9 Å². The Morgan fingerprint density at radius 2 is 1.07 bits per heavy atom. The van der Waals surface area contributed by atoms with Gasteiger partial charge in [0.25, 0.3) is 0 Å². The van der Waals surface area contributed by atoms with Crippen LogP contribution in [0.25, 0.3) is 0 Å². The number of Topliss-reactive ketones (excluding diaryl/α,β-unsaturated/α-hetero) is 1. The summed E-state index contributed by atoms with van der Waals surface area (Å²) in [5, 5.41) is 57.4. The number of urea groups is 3. The molecule has 9 aliphatic rings. The number of hydrogen-bond donors (Lipinski definition) is 7. The lowest BCUT2D eigenvalue weighted by Crippen LogP contribution is -2.65. The van der Waals surface area contributed by atoms with Crippen LogP contribution >= 0.6 is 0 Å². The maximum atomic E-state index is 14.5. The van der Waals surface area contributed by atoms with Gasteiger partial charge in [-0.25, -0.2) is 28.3 Å². The number of ether oxygens (including phenoxy) is 2. The van der Waals surface area contributed by atoms with Crippen molar-refractivity contribution in [3.63, 3.8) is 0 Å². The zero-order chi connectivity index (χ0) is 93.6. The number of carboxylic acids is 2. The van der Waals surface area contributed by atoms with Crippen molar-refractivity contribution >= 4 is 110 Å². The van der Waals surface area contributed by atoms with Crippen molar-refractivity contribution in [3.8, 4) is 17.2 Å². The zero-order valence-corrected chi connectivity index (χ0v) is 73.5. The van der Waals surface area contributed by atoms with E-state index in [1.807, 2.05) is 0 Å². The molecule has 7 fully saturated rings. The summed E-state index contributed by atoms with van der Waals surface area (Å²) in [5.74, 6) is -12.2. The Morgan fingerprint density at radius 3 is 1.55 bits per heavy atom. The summed E-state index contributed by atoms with van der Waals surface area (Å²) in [7, 11) is 0.966. The summed E-state index contributed by atoms with van der Waals surface area (Å²) in [6, 6.07) is 17.3. The molecule has 0 radical (unpaired) electrons. The molecule has 10 atom stereocenters. The van der Waals surface area contributed by atoms with Crippen LogP contribution in [0.5, 0.6) is 17.2 Å². The second kappa shape index (κ2) is 39.6. The molecule has 39 nitrogen and oxygen atoms in total. The number of amides is 14. The van der Waals surface area contributed by atoms with Crippen LogP contribution in [-0.4, -0.2) is 250 Å². The van der Waals surface area contributed by atoms with Crippen molar-refractivity contribution in [1.29, 1.82) is 0 Å². The summed E-state index contributed by atoms with van der Waals surface area (Å²) in [5.41, 5.74) is 1.23. The van der Waals surface area contributed by atoms with Crippen molar-refractivity contribution in [2.24, 2.45) is 31.3 Å². The molecule has 3 aliphatic carbocycles. The van der Waals surface area contributed by atoms with Gasteiger partial charge in [0.1, 0.15) is 60.6 Å². The van der Waals surface area contributed by atoms with Crippen LogP contribution in [0.4, 0.5) is 14.4 Å². The van der Waals surface area contributed by atoms with Crippen LogP contribution in [-0.2, 0) is 90.6 Å². The second-order valence-corrected chi connectivity index (χ2v) is 34.4. The molecule has 680 valence electrons. The van der Waals surface area contributed by atoms with E-state index in [-0.39, 0.29) is 116 Å². The van der Waals surface area contributed by atoms with Crippen LogP contribution < -0.4 is 60.0 Å². The first-order valence-electron chi connectivity index (χ1n) is 42.4. The van der Waals surface area contributed by atoms with Gasteiger partial charge in [-0.05, 0) is 151 Å². The van der Waals surface area contributed by atoms with E-state index >= 15 is 0 Å². The van der Waals surface area contributed by atoms with E-state index in [0.717, 1.165) is 27.5 Å². The van der Waals surface area contributed by atoms with Gasteiger partial charge in [-0.15, -0.1) is 0 Å². The maximum Gasteiger partial charge on any atom is 0.547 e. The Hall–Kier alpha value is -13.2. The van der Waals surface area contributed by atoms with Gasteiger partial charge in [-0.1, -0.05) is 56.3 Å². The molecule has 7 N–H and O–H groups in total. The zero-order valence-electron chi connectivity index (χ0n) is 73.5. The number of esters is 1. The van der Waals surface area contributed by atoms with Crippen LogP contribution in [0.2, 0.25) is 5.82 Å². The molecule has 3 aromatic heterocycles. The largest absolute Gasteiger partial charge is 0.547 e. The molecule has 3 saturated carbocycles. The first kappa shape index (κ1) is 94.9. The number of carbonyl (C=O) groups is 15. The third-order valence-electron chi connectivity index (χ3n) is 24.6. The molecular formula is C87H103B3N14O25. The summed E-state index contributed by atoms with van der Waals surface area (Å²) >= 11 is 0. The highest BCUT2D eigenvalue weighted by Gasteiger charge is 2.69. The molecule has 6 aromatic rings. The summed E-state index contributed by atoms with van der Waals surface area (Å²) in [4.78, 5) is 203. The van der Waals surface area contributed by atoms with Crippen LogP contribution in [0.15, 0.2) is 128 Å². The number of methoxy groups -OCH3 is 1. The Kier molecular flexibility index (Phi) is 29.1. The number of ketones is 1. The molecule has 15 rings (SSSR count). The number of rotatable bonds is 23. The lowest BCUT2D eigenvalue weighted by atomic mass is 9.43. The van der Waals surface area contributed by atoms with E-state index in [1.54, 1.807) is 156 Å². The van der Waals surface area contributed by atoms with Crippen LogP contribution in [0.3, 0.4) is 0 Å². The number of nitrogens with one attached hydrogen (secondary N) is 5. The van der Waals surface area contributed by atoms with Crippen molar-refractivity contribution < 1.29 is 129 Å². The van der Waals surface area contributed by atoms with Crippen molar-refractivity contribution in [2.45, 2.75) is 154 Å². The molecule has 129 heavy (non-hydrogen) atoms. The molecule has 14 amide bonds. The number of pyridine rings is 3. The first-order chi connectivity index (χ1) is 61.2. The van der Waals surface area contributed by atoms with Gasteiger partial charge in [-0.2, -0.15) is 0 Å². The molecule has 2 bridgehead atoms.